The molecule has 0 atom stereocenters. The molecule has 0 spiro atoms. The van der Waals surface area contributed by atoms with Gasteiger partial charge in [0.1, 0.15) is 11.3 Å². The molecule has 4 rings (SSSR count). The summed E-state index contributed by atoms with van der Waals surface area (Å²) >= 11 is 0. The van der Waals surface area contributed by atoms with Crippen LogP contribution in [0.4, 0.5) is 0 Å². The molecule has 1 aromatic heterocycles. The summed E-state index contributed by atoms with van der Waals surface area (Å²) in [5.74, 6) is -0.690. The number of rotatable bonds is 4. The number of ether oxygens (including phenoxy) is 1. The van der Waals surface area contributed by atoms with Crippen molar-refractivity contribution >= 4 is 11.7 Å². The zero-order chi connectivity index (χ0) is 22.2. The monoisotopic (exact) mass is 418 g/mol. The molecule has 2 N–H and O–H groups in total. The maximum Gasteiger partial charge on any atom is 0.341 e. The SMILES string of the molecule is CCOC(=O)c1cc(-n2c(-c3ccccc3)cc3c2CC(C)(C)CC3=NO)ccc1O. The van der Waals surface area contributed by atoms with Gasteiger partial charge in [-0.05, 0) is 55.0 Å². The fourth-order valence-corrected chi connectivity index (χ4v) is 4.28. The van der Waals surface area contributed by atoms with Crippen molar-refractivity contribution in [3.8, 4) is 22.7 Å². The van der Waals surface area contributed by atoms with E-state index in [1.54, 1.807) is 19.1 Å². The highest BCUT2D eigenvalue weighted by Gasteiger charge is 2.34. The molecule has 0 radical (unpaired) electrons. The molecule has 0 amide bonds. The van der Waals surface area contributed by atoms with Crippen LogP contribution in [0.2, 0.25) is 0 Å². The third kappa shape index (κ3) is 3.81. The molecule has 3 aromatic rings. The number of hydrogen-bond acceptors (Lipinski definition) is 5. The molecule has 0 aliphatic heterocycles. The fourth-order valence-electron chi connectivity index (χ4n) is 4.28. The van der Waals surface area contributed by atoms with Gasteiger partial charge in [0.05, 0.1) is 18.0 Å². The van der Waals surface area contributed by atoms with Crippen molar-refractivity contribution in [2.24, 2.45) is 10.6 Å². The minimum Gasteiger partial charge on any atom is -0.507 e. The summed E-state index contributed by atoms with van der Waals surface area (Å²) in [6.45, 7) is 6.23. The summed E-state index contributed by atoms with van der Waals surface area (Å²) in [6, 6.07) is 16.9. The van der Waals surface area contributed by atoms with E-state index in [0.717, 1.165) is 34.6 Å². The van der Waals surface area contributed by atoms with Gasteiger partial charge in [0, 0.05) is 16.9 Å². The number of carbonyl (C=O) groups excluding carboxylic acids is 1. The molecule has 1 aliphatic rings. The van der Waals surface area contributed by atoms with E-state index in [-0.39, 0.29) is 23.3 Å². The van der Waals surface area contributed by atoms with Gasteiger partial charge in [0.2, 0.25) is 0 Å². The zero-order valence-corrected chi connectivity index (χ0v) is 17.9. The minimum absolute atomic E-state index is 0.0977. The van der Waals surface area contributed by atoms with E-state index in [9.17, 15) is 15.1 Å². The van der Waals surface area contributed by atoms with E-state index in [0.29, 0.717) is 12.1 Å². The first kappa shape index (κ1) is 20.7. The lowest BCUT2D eigenvalue weighted by Crippen LogP contribution is -2.28. The highest BCUT2D eigenvalue weighted by molar-refractivity contribution is 6.04. The van der Waals surface area contributed by atoms with E-state index in [1.165, 1.54) is 6.07 Å². The Hall–Kier alpha value is -3.54. The van der Waals surface area contributed by atoms with Crippen molar-refractivity contribution in [3.05, 3.63) is 71.4 Å². The first-order valence-electron chi connectivity index (χ1n) is 10.4. The number of fused-ring (bicyclic) bond motifs is 1. The van der Waals surface area contributed by atoms with E-state index >= 15 is 0 Å². The molecule has 6 heteroatoms. The Morgan fingerprint density at radius 1 is 1.13 bits per heavy atom. The quantitative estimate of drug-likeness (QED) is 0.347. The van der Waals surface area contributed by atoms with Crippen LogP contribution in [0.1, 0.15) is 48.8 Å². The fraction of sp³-hybridized carbons (Fsp3) is 0.280. The Bertz CT molecular complexity index is 1160. The lowest BCUT2D eigenvalue weighted by Gasteiger charge is -2.31. The van der Waals surface area contributed by atoms with Crippen LogP contribution in [0.25, 0.3) is 16.9 Å². The van der Waals surface area contributed by atoms with Crippen molar-refractivity contribution in [1.82, 2.24) is 4.57 Å². The summed E-state index contributed by atoms with van der Waals surface area (Å²) in [6.07, 6.45) is 1.43. The predicted octanol–water partition coefficient (Wildman–Crippen LogP) is 5.18. The smallest absolute Gasteiger partial charge is 0.341 e. The Morgan fingerprint density at radius 3 is 2.55 bits per heavy atom. The Morgan fingerprint density at radius 2 is 1.87 bits per heavy atom. The van der Waals surface area contributed by atoms with E-state index in [2.05, 4.69) is 23.6 Å². The second kappa shape index (κ2) is 7.95. The number of aromatic nitrogens is 1. The highest BCUT2D eigenvalue weighted by atomic mass is 16.5. The molecule has 31 heavy (non-hydrogen) atoms. The number of carbonyl (C=O) groups is 1. The van der Waals surface area contributed by atoms with Crippen LogP contribution in [0.3, 0.4) is 0 Å². The number of phenolic OH excluding ortho intramolecular Hbond substituents is 1. The number of hydrogen-bond donors (Lipinski definition) is 2. The first-order valence-corrected chi connectivity index (χ1v) is 10.4. The average molecular weight is 418 g/mol. The normalized spacial score (nSPS) is 16.2. The maximum absolute atomic E-state index is 12.4. The number of esters is 1. The predicted molar refractivity (Wildman–Crippen MR) is 119 cm³/mol. The molecular weight excluding hydrogens is 392 g/mol. The Balaban J connectivity index is 1.99. The van der Waals surface area contributed by atoms with Gasteiger partial charge in [-0.25, -0.2) is 4.79 Å². The molecule has 0 bridgehead atoms. The number of phenols is 1. The topological polar surface area (TPSA) is 84.1 Å². The van der Waals surface area contributed by atoms with Crippen LogP contribution in [0, 0.1) is 5.41 Å². The van der Waals surface area contributed by atoms with Crippen LogP contribution in [-0.2, 0) is 11.2 Å². The lowest BCUT2D eigenvalue weighted by atomic mass is 9.76. The van der Waals surface area contributed by atoms with Crippen LogP contribution in [-0.4, -0.2) is 33.2 Å². The van der Waals surface area contributed by atoms with Crippen molar-refractivity contribution in [1.29, 1.82) is 0 Å². The number of oxime groups is 1. The molecule has 0 saturated carbocycles. The van der Waals surface area contributed by atoms with Gasteiger partial charge in [-0.3, -0.25) is 0 Å². The average Bonchev–Trinajstić information content (AvgIpc) is 3.12. The van der Waals surface area contributed by atoms with Crippen molar-refractivity contribution in [2.45, 2.75) is 33.6 Å². The number of benzene rings is 2. The van der Waals surface area contributed by atoms with Crippen LogP contribution in [0.5, 0.6) is 5.75 Å². The van der Waals surface area contributed by atoms with Gasteiger partial charge >= 0.3 is 5.97 Å². The van der Waals surface area contributed by atoms with E-state index < -0.39 is 5.97 Å². The maximum atomic E-state index is 12.4. The summed E-state index contributed by atoms with van der Waals surface area (Å²) < 4.78 is 7.20. The molecule has 2 aromatic carbocycles. The third-order valence-corrected chi connectivity index (χ3v) is 5.63. The van der Waals surface area contributed by atoms with Gasteiger partial charge < -0.3 is 19.6 Å². The van der Waals surface area contributed by atoms with Gasteiger partial charge in [0.15, 0.2) is 0 Å². The molecule has 1 heterocycles. The van der Waals surface area contributed by atoms with Crippen LogP contribution < -0.4 is 0 Å². The van der Waals surface area contributed by atoms with Crippen molar-refractivity contribution in [3.63, 3.8) is 0 Å². The highest BCUT2D eigenvalue weighted by Crippen LogP contribution is 2.41. The van der Waals surface area contributed by atoms with Gasteiger partial charge in [0.25, 0.3) is 0 Å². The minimum atomic E-state index is -0.568. The number of aromatic hydroxyl groups is 1. The molecule has 0 saturated heterocycles. The summed E-state index contributed by atoms with van der Waals surface area (Å²) in [5.41, 5.74) is 5.21. The van der Waals surface area contributed by atoms with Crippen LogP contribution in [0.15, 0.2) is 59.8 Å². The van der Waals surface area contributed by atoms with E-state index in [1.807, 2.05) is 36.4 Å². The van der Waals surface area contributed by atoms with Gasteiger partial charge in [-0.2, -0.15) is 0 Å². The molecule has 1 aliphatic carbocycles. The van der Waals surface area contributed by atoms with Crippen molar-refractivity contribution < 1.29 is 19.8 Å². The van der Waals surface area contributed by atoms with Gasteiger partial charge in [-0.15, -0.1) is 0 Å². The molecule has 0 fully saturated rings. The second-order valence-electron chi connectivity index (χ2n) is 8.58. The Labute approximate surface area is 181 Å². The summed E-state index contributed by atoms with van der Waals surface area (Å²) in [7, 11) is 0. The Kier molecular flexibility index (Phi) is 5.31. The van der Waals surface area contributed by atoms with Crippen LogP contribution >= 0.6 is 0 Å². The molecule has 6 nitrogen and oxygen atoms in total. The first-order chi connectivity index (χ1) is 14.8. The molecule has 0 unspecified atom stereocenters. The molecular formula is C25H26N2O4. The standard InChI is InChI=1S/C25H26N2O4/c1-4-31-24(29)19-12-17(10-11-23(19)28)27-21(16-8-6-5-7-9-16)13-18-20(26-30)14-25(2,3)15-22(18)27/h5-13,28,30H,4,14-15H2,1-3H3. The third-order valence-electron chi connectivity index (χ3n) is 5.63. The lowest BCUT2D eigenvalue weighted by molar-refractivity contribution is 0.0523. The van der Waals surface area contributed by atoms with Gasteiger partial charge in [-0.1, -0.05) is 49.3 Å². The zero-order valence-electron chi connectivity index (χ0n) is 17.9. The van der Waals surface area contributed by atoms with Crippen molar-refractivity contribution in [2.75, 3.05) is 6.61 Å². The number of nitrogens with zero attached hydrogens (tertiary/aromatic N) is 2. The van der Waals surface area contributed by atoms with E-state index in [4.69, 9.17) is 4.74 Å². The summed E-state index contributed by atoms with van der Waals surface area (Å²) in [5, 5.41) is 23.6. The largest absolute Gasteiger partial charge is 0.507 e. The second-order valence-corrected chi connectivity index (χ2v) is 8.58. The molecule has 160 valence electrons. The summed E-state index contributed by atoms with van der Waals surface area (Å²) in [4.78, 5) is 12.4.